The summed E-state index contributed by atoms with van der Waals surface area (Å²) >= 11 is 0. The van der Waals surface area contributed by atoms with E-state index in [4.69, 9.17) is 4.74 Å². The smallest absolute Gasteiger partial charge is 0.216 e. The Morgan fingerprint density at radius 3 is 2.88 bits per heavy atom. The Morgan fingerprint density at radius 2 is 2.29 bits per heavy atom. The highest BCUT2D eigenvalue weighted by Crippen LogP contribution is 2.25. The van der Waals surface area contributed by atoms with Crippen molar-refractivity contribution in [2.45, 2.75) is 13.3 Å². The van der Waals surface area contributed by atoms with Crippen LogP contribution in [0, 0.1) is 11.8 Å². The third-order valence-corrected chi connectivity index (χ3v) is 2.04. The van der Waals surface area contributed by atoms with E-state index in [0.29, 0.717) is 24.3 Å². The van der Waals surface area contributed by atoms with E-state index in [0.717, 1.165) is 0 Å². The highest BCUT2D eigenvalue weighted by Gasteiger charge is 1.99. The first-order valence-electron chi connectivity index (χ1n) is 5.24. The van der Waals surface area contributed by atoms with Crippen LogP contribution in [-0.4, -0.2) is 24.7 Å². The van der Waals surface area contributed by atoms with E-state index in [1.165, 1.54) is 14.0 Å². The lowest BCUT2D eigenvalue weighted by Gasteiger charge is -2.02. The van der Waals surface area contributed by atoms with E-state index in [-0.39, 0.29) is 11.7 Å². The van der Waals surface area contributed by atoms with Gasteiger partial charge in [0.1, 0.15) is 0 Å². The van der Waals surface area contributed by atoms with Crippen LogP contribution in [0.25, 0.3) is 0 Å². The number of aromatic hydroxyl groups is 1. The number of carbonyl (C=O) groups is 1. The molecule has 0 aliphatic rings. The van der Waals surface area contributed by atoms with E-state index < -0.39 is 0 Å². The van der Waals surface area contributed by atoms with Crippen LogP contribution in [-0.2, 0) is 4.79 Å². The molecule has 1 amide bonds. The molecule has 4 nitrogen and oxygen atoms in total. The topological polar surface area (TPSA) is 58.6 Å². The van der Waals surface area contributed by atoms with E-state index >= 15 is 0 Å². The predicted octanol–water partition coefficient (Wildman–Crippen LogP) is 1.28. The van der Waals surface area contributed by atoms with Crippen molar-refractivity contribution in [2.75, 3.05) is 13.7 Å². The molecule has 0 aliphatic carbocycles. The van der Waals surface area contributed by atoms with Crippen molar-refractivity contribution in [3.63, 3.8) is 0 Å². The number of carbonyl (C=O) groups excluding carboxylic acids is 1. The standard InChI is InChI=1S/C13H15NO3/c1-10(15)14-8-4-3-5-11-6-7-13(17-2)12(16)9-11/h6-7,9,16H,4,8H2,1-2H3,(H,14,15). The van der Waals surface area contributed by atoms with Crippen molar-refractivity contribution >= 4 is 5.91 Å². The van der Waals surface area contributed by atoms with Crippen molar-refractivity contribution in [2.24, 2.45) is 0 Å². The molecule has 0 heterocycles. The van der Waals surface area contributed by atoms with Crippen LogP contribution >= 0.6 is 0 Å². The van der Waals surface area contributed by atoms with Crippen molar-refractivity contribution in [3.8, 4) is 23.3 Å². The van der Waals surface area contributed by atoms with Gasteiger partial charge in [-0.25, -0.2) is 0 Å². The Balaban J connectivity index is 2.54. The molecule has 90 valence electrons. The minimum atomic E-state index is -0.0612. The second-order valence-corrected chi connectivity index (χ2v) is 3.42. The fourth-order valence-corrected chi connectivity index (χ4v) is 1.23. The summed E-state index contributed by atoms with van der Waals surface area (Å²) in [6.45, 7) is 2.00. The molecule has 0 saturated heterocycles. The molecule has 2 N–H and O–H groups in total. The van der Waals surface area contributed by atoms with Gasteiger partial charge in [-0.15, -0.1) is 0 Å². The average molecular weight is 233 g/mol. The number of hydrogen-bond acceptors (Lipinski definition) is 3. The number of phenolic OH excluding ortho intramolecular Hbond substituents is 1. The Kier molecular flexibility index (Phi) is 4.89. The molecule has 4 heteroatoms. The fourth-order valence-electron chi connectivity index (χ4n) is 1.23. The van der Waals surface area contributed by atoms with Crippen molar-refractivity contribution in [1.29, 1.82) is 0 Å². The number of phenols is 1. The Labute approximate surface area is 101 Å². The average Bonchev–Trinajstić information content (AvgIpc) is 2.28. The number of ether oxygens (including phenoxy) is 1. The summed E-state index contributed by atoms with van der Waals surface area (Å²) in [6.07, 6.45) is 0.576. The van der Waals surface area contributed by atoms with Crippen LogP contribution in [0.1, 0.15) is 18.9 Å². The summed E-state index contributed by atoms with van der Waals surface area (Å²) in [6, 6.07) is 4.97. The number of nitrogens with one attached hydrogen (secondary N) is 1. The van der Waals surface area contributed by atoms with Crippen LogP contribution < -0.4 is 10.1 Å². The third kappa shape index (κ3) is 4.47. The van der Waals surface area contributed by atoms with Gasteiger partial charge in [0.15, 0.2) is 11.5 Å². The van der Waals surface area contributed by atoms with Gasteiger partial charge in [0.2, 0.25) is 5.91 Å². The first kappa shape index (κ1) is 12.9. The second-order valence-electron chi connectivity index (χ2n) is 3.42. The number of hydrogen-bond donors (Lipinski definition) is 2. The van der Waals surface area contributed by atoms with Gasteiger partial charge in [-0.1, -0.05) is 11.8 Å². The minimum absolute atomic E-state index is 0.0612. The van der Waals surface area contributed by atoms with Gasteiger partial charge >= 0.3 is 0 Å². The van der Waals surface area contributed by atoms with Gasteiger partial charge in [0.25, 0.3) is 0 Å². The summed E-state index contributed by atoms with van der Waals surface area (Å²) in [5, 5.41) is 12.2. The van der Waals surface area contributed by atoms with Crippen LogP contribution in [0.4, 0.5) is 0 Å². The molecule has 0 aliphatic heterocycles. The molecule has 0 atom stereocenters. The number of methoxy groups -OCH3 is 1. The third-order valence-electron chi connectivity index (χ3n) is 2.04. The maximum absolute atomic E-state index is 10.6. The zero-order valence-corrected chi connectivity index (χ0v) is 9.91. The zero-order valence-electron chi connectivity index (χ0n) is 9.91. The largest absolute Gasteiger partial charge is 0.504 e. The SMILES string of the molecule is COc1ccc(C#CCCNC(C)=O)cc1O. The summed E-state index contributed by atoms with van der Waals surface area (Å²) in [5.41, 5.74) is 0.714. The highest BCUT2D eigenvalue weighted by atomic mass is 16.5. The first-order chi connectivity index (χ1) is 8.13. The lowest BCUT2D eigenvalue weighted by Crippen LogP contribution is -2.20. The molecule has 0 radical (unpaired) electrons. The molecule has 1 aromatic rings. The molecular formula is C13H15NO3. The van der Waals surface area contributed by atoms with Gasteiger partial charge < -0.3 is 15.2 Å². The van der Waals surface area contributed by atoms with Gasteiger partial charge in [-0.2, -0.15) is 0 Å². The second kappa shape index (κ2) is 6.44. The summed E-state index contributed by atoms with van der Waals surface area (Å²) in [4.78, 5) is 10.6. The molecular weight excluding hydrogens is 218 g/mol. The normalized spacial score (nSPS) is 9.06. The van der Waals surface area contributed by atoms with Crippen molar-refractivity contribution < 1.29 is 14.6 Å². The highest BCUT2D eigenvalue weighted by molar-refractivity contribution is 5.72. The Hall–Kier alpha value is -2.15. The fraction of sp³-hybridized carbons (Fsp3) is 0.308. The van der Waals surface area contributed by atoms with Crippen molar-refractivity contribution in [1.82, 2.24) is 5.32 Å². The van der Waals surface area contributed by atoms with Crippen LogP contribution in [0.5, 0.6) is 11.5 Å². The van der Waals surface area contributed by atoms with Crippen LogP contribution in [0.15, 0.2) is 18.2 Å². The molecule has 1 rings (SSSR count). The first-order valence-corrected chi connectivity index (χ1v) is 5.24. The van der Waals surface area contributed by atoms with Crippen LogP contribution in [0.3, 0.4) is 0 Å². The monoisotopic (exact) mass is 233 g/mol. The molecule has 17 heavy (non-hydrogen) atoms. The summed E-state index contributed by atoms with van der Waals surface area (Å²) in [5.74, 6) is 6.23. The maximum Gasteiger partial charge on any atom is 0.216 e. The minimum Gasteiger partial charge on any atom is -0.504 e. The van der Waals surface area contributed by atoms with E-state index in [2.05, 4.69) is 17.2 Å². The summed E-state index contributed by atoms with van der Waals surface area (Å²) < 4.78 is 4.92. The van der Waals surface area contributed by atoms with Crippen molar-refractivity contribution in [3.05, 3.63) is 23.8 Å². The number of rotatable bonds is 3. The molecule has 0 aromatic heterocycles. The number of benzene rings is 1. The molecule has 0 bridgehead atoms. The Morgan fingerprint density at radius 1 is 1.53 bits per heavy atom. The lowest BCUT2D eigenvalue weighted by molar-refractivity contribution is -0.118. The molecule has 0 spiro atoms. The van der Waals surface area contributed by atoms with E-state index in [1.807, 2.05) is 0 Å². The van der Waals surface area contributed by atoms with Crippen LogP contribution in [0.2, 0.25) is 0 Å². The zero-order chi connectivity index (χ0) is 12.7. The molecule has 1 aromatic carbocycles. The molecule has 0 saturated carbocycles. The maximum atomic E-state index is 10.6. The lowest BCUT2D eigenvalue weighted by atomic mass is 10.2. The Bertz CT molecular complexity index is 457. The number of amides is 1. The van der Waals surface area contributed by atoms with Gasteiger partial charge in [0.05, 0.1) is 7.11 Å². The van der Waals surface area contributed by atoms with E-state index in [1.54, 1.807) is 18.2 Å². The summed E-state index contributed by atoms with van der Waals surface area (Å²) in [7, 11) is 1.49. The predicted molar refractivity (Wildman–Crippen MR) is 64.8 cm³/mol. The van der Waals surface area contributed by atoms with Gasteiger partial charge in [-0.05, 0) is 18.2 Å². The molecule has 0 unspecified atom stereocenters. The molecule has 0 fully saturated rings. The quantitative estimate of drug-likeness (QED) is 0.610. The van der Waals surface area contributed by atoms with E-state index in [9.17, 15) is 9.90 Å². The van der Waals surface area contributed by atoms with Gasteiger partial charge in [0, 0.05) is 25.5 Å². The van der Waals surface area contributed by atoms with Gasteiger partial charge in [-0.3, -0.25) is 4.79 Å².